The van der Waals surface area contributed by atoms with Crippen molar-refractivity contribution < 1.29 is 18.0 Å². The van der Waals surface area contributed by atoms with E-state index >= 15 is 0 Å². The van der Waals surface area contributed by atoms with Gasteiger partial charge in [0.25, 0.3) is 0 Å². The van der Waals surface area contributed by atoms with E-state index < -0.39 is 10.0 Å². The first-order chi connectivity index (χ1) is 15.2. The number of hydrogen-bond donors (Lipinski definition) is 1. The van der Waals surface area contributed by atoms with Crippen LogP contribution in [-0.2, 0) is 19.6 Å². The van der Waals surface area contributed by atoms with E-state index in [2.05, 4.69) is 10.3 Å². The molecule has 10 nitrogen and oxygen atoms in total. The molecule has 2 amide bonds. The van der Waals surface area contributed by atoms with Crippen molar-refractivity contribution in [2.75, 3.05) is 26.2 Å². The Bertz CT molecular complexity index is 1120. The minimum Gasteiger partial charge on any atom is -0.369 e. The van der Waals surface area contributed by atoms with Crippen LogP contribution in [0.25, 0.3) is 11.0 Å². The van der Waals surface area contributed by atoms with Crippen molar-refractivity contribution in [2.45, 2.75) is 50.5 Å². The highest BCUT2D eigenvalue weighted by Gasteiger charge is 2.36. The summed E-state index contributed by atoms with van der Waals surface area (Å²) in [6, 6.07) is 4.98. The number of hydrogen-bond acceptors (Lipinski definition) is 6. The van der Waals surface area contributed by atoms with E-state index in [0.717, 1.165) is 5.52 Å². The maximum Gasteiger partial charge on any atom is 0.243 e. The number of nitrogens with two attached hydrogens (primary N) is 1. The zero-order chi connectivity index (χ0) is 23.0. The van der Waals surface area contributed by atoms with Crippen molar-refractivity contribution >= 4 is 32.9 Å². The van der Waals surface area contributed by atoms with Gasteiger partial charge in [0.05, 0.1) is 16.3 Å². The van der Waals surface area contributed by atoms with E-state index in [1.807, 2.05) is 13.8 Å². The Hall–Kier alpha value is -2.53. The SMILES string of the molecule is CC(C)n1nnc2cc(S(=O)(=O)N3CCC[C@@H](C(=O)N4CCC(C(N)=O)CC4)C3)ccc21. The molecule has 0 saturated carbocycles. The number of carbonyl (C=O) groups excluding carboxylic acids is 2. The maximum absolute atomic E-state index is 13.3. The van der Waals surface area contributed by atoms with E-state index in [0.29, 0.717) is 50.8 Å². The molecule has 32 heavy (non-hydrogen) atoms. The Morgan fingerprint density at radius 3 is 2.47 bits per heavy atom. The van der Waals surface area contributed by atoms with Crippen LogP contribution in [0.4, 0.5) is 0 Å². The number of nitrogens with zero attached hydrogens (tertiary/aromatic N) is 5. The molecule has 0 spiro atoms. The molecule has 2 saturated heterocycles. The average Bonchev–Trinajstić information content (AvgIpc) is 3.22. The normalized spacial score (nSPS) is 21.3. The predicted molar refractivity (Wildman–Crippen MR) is 118 cm³/mol. The van der Waals surface area contributed by atoms with Crippen LogP contribution < -0.4 is 5.73 Å². The minimum absolute atomic E-state index is 0.0388. The molecule has 2 aromatic rings. The summed E-state index contributed by atoms with van der Waals surface area (Å²) in [6.45, 7) is 5.48. The third-order valence-corrected chi connectivity index (χ3v) is 8.37. The maximum atomic E-state index is 13.3. The minimum atomic E-state index is -3.76. The molecule has 1 aromatic heterocycles. The molecule has 2 aliphatic heterocycles. The predicted octanol–water partition coefficient (Wildman–Crippen LogP) is 1.14. The first-order valence-corrected chi connectivity index (χ1v) is 12.6. The highest BCUT2D eigenvalue weighted by atomic mass is 32.2. The highest BCUT2D eigenvalue weighted by Crippen LogP contribution is 2.28. The van der Waals surface area contributed by atoms with Crippen LogP contribution in [0.3, 0.4) is 0 Å². The van der Waals surface area contributed by atoms with Crippen molar-refractivity contribution in [2.24, 2.45) is 17.6 Å². The number of carbonyl (C=O) groups is 2. The number of fused-ring (bicyclic) bond motifs is 1. The highest BCUT2D eigenvalue weighted by molar-refractivity contribution is 7.89. The average molecular weight is 463 g/mol. The van der Waals surface area contributed by atoms with Gasteiger partial charge in [0.15, 0.2) is 0 Å². The molecule has 0 aliphatic carbocycles. The lowest BCUT2D eigenvalue weighted by Crippen LogP contribution is -2.49. The van der Waals surface area contributed by atoms with Gasteiger partial charge in [-0.3, -0.25) is 9.59 Å². The number of benzene rings is 1. The fourth-order valence-electron chi connectivity index (χ4n) is 4.62. The monoisotopic (exact) mass is 462 g/mol. The van der Waals surface area contributed by atoms with Gasteiger partial charge < -0.3 is 10.6 Å². The van der Waals surface area contributed by atoms with Crippen LogP contribution in [-0.4, -0.2) is 70.6 Å². The Kier molecular flexibility index (Phi) is 6.22. The molecular formula is C21H30N6O4S. The van der Waals surface area contributed by atoms with Crippen LogP contribution in [0.5, 0.6) is 0 Å². The van der Waals surface area contributed by atoms with E-state index in [-0.39, 0.29) is 41.1 Å². The summed E-state index contributed by atoms with van der Waals surface area (Å²) in [7, 11) is -3.76. The quantitative estimate of drug-likeness (QED) is 0.709. The Labute approximate surface area is 187 Å². The number of primary amides is 1. The standard InChI is InChI=1S/C21H30N6O4S/c1-14(2)27-19-6-5-17(12-18(19)23-24-27)32(30,31)26-9-3-4-16(13-26)21(29)25-10-7-15(8-11-25)20(22)28/h5-6,12,14-16H,3-4,7-11,13H2,1-2H3,(H2,22,28)/t16-/m1/s1. The van der Waals surface area contributed by atoms with Crippen LogP contribution in [0.2, 0.25) is 0 Å². The first-order valence-electron chi connectivity index (χ1n) is 11.1. The molecule has 0 unspecified atom stereocenters. The molecule has 2 fully saturated rings. The summed E-state index contributed by atoms with van der Waals surface area (Å²) in [6.07, 6.45) is 2.40. The molecule has 2 N–H and O–H groups in total. The van der Waals surface area contributed by atoms with Gasteiger partial charge in [-0.1, -0.05) is 5.21 Å². The molecular weight excluding hydrogens is 432 g/mol. The van der Waals surface area contributed by atoms with Crippen LogP contribution >= 0.6 is 0 Å². The van der Waals surface area contributed by atoms with E-state index in [1.54, 1.807) is 27.8 Å². The smallest absolute Gasteiger partial charge is 0.243 e. The van der Waals surface area contributed by atoms with E-state index in [1.165, 1.54) is 4.31 Å². The molecule has 1 aromatic carbocycles. The van der Waals surface area contributed by atoms with E-state index in [4.69, 9.17) is 5.73 Å². The number of rotatable bonds is 5. The molecule has 0 bridgehead atoms. The third kappa shape index (κ3) is 4.23. The van der Waals surface area contributed by atoms with Crippen molar-refractivity contribution in [3.63, 3.8) is 0 Å². The number of amides is 2. The summed E-state index contributed by atoms with van der Waals surface area (Å²) in [5.74, 6) is -0.930. The van der Waals surface area contributed by atoms with Gasteiger partial charge in [-0.15, -0.1) is 5.10 Å². The van der Waals surface area contributed by atoms with Gasteiger partial charge in [-0.2, -0.15) is 4.31 Å². The van der Waals surface area contributed by atoms with Gasteiger partial charge in [0.2, 0.25) is 21.8 Å². The van der Waals surface area contributed by atoms with Gasteiger partial charge in [0, 0.05) is 38.1 Å². The molecule has 2 aliphatic rings. The fourth-order valence-corrected chi connectivity index (χ4v) is 6.16. The van der Waals surface area contributed by atoms with Crippen molar-refractivity contribution in [3.8, 4) is 0 Å². The molecule has 0 radical (unpaired) electrons. The van der Waals surface area contributed by atoms with Crippen LogP contribution in [0.15, 0.2) is 23.1 Å². The zero-order valence-corrected chi connectivity index (χ0v) is 19.3. The molecule has 174 valence electrons. The number of sulfonamides is 1. The zero-order valence-electron chi connectivity index (χ0n) is 18.5. The van der Waals surface area contributed by atoms with Crippen LogP contribution in [0, 0.1) is 11.8 Å². The third-order valence-electron chi connectivity index (χ3n) is 6.51. The fraction of sp³-hybridized carbons (Fsp3) is 0.619. The summed E-state index contributed by atoms with van der Waals surface area (Å²) >= 11 is 0. The van der Waals surface area contributed by atoms with Crippen LogP contribution in [0.1, 0.15) is 45.6 Å². The number of likely N-dealkylation sites (tertiary alicyclic amines) is 1. The summed E-state index contributed by atoms with van der Waals surface area (Å²) < 4.78 is 29.8. The van der Waals surface area contributed by atoms with Gasteiger partial charge >= 0.3 is 0 Å². The van der Waals surface area contributed by atoms with Crippen molar-refractivity contribution in [1.82, 2.24) is 24.2 Å². The van der Waals surface area contributed by atoms with E-state index in [9.17, 15) is 18.0 Å². The second-order valence-electron chi connectivity index (χ2n) is 8.98. The van der Waals surface area contributed by atoms with Gasteiger partial charge in [-0.25, -0.2) is 13.1 Å². The summed E-state index contributed by atoms with van der Waals surface area (Å²) in [4.78, 5) is 26.3. The second kappa shape index (κ2) is 8.78. The Morgan fingerprint density at radius 1 is 1.09 bits per heavy atom. The topological polar surface area (TPSA) is 131 Å². The molecule has 3 heterocycles. The largest absolute Gasteiger partial charge is 0.369 e. The van der Waals surface area contributed by atoms with Gasteiger partial charge in [0.1, 0.15) is 5.52 Å². The molecule has 1 atom stereocenters. The number of piperidine rings is 2. The van der Waals surface area contributed by atoms with Gasteiger partial charge in [-0.05, 0) is 57.7 Å². The Balaban J connectivity index is 1.48. The second-order valence-corrected chi connectivity index (χ2v) is 10.9. The molecule has 11 heteroatoms. The molecule has 4 rings (SSSR count). The lowest BCUT2D eigenvalue weighted by molar-refractivity contribution is -0.139. The lowest BCUT2D eigenvalue weighted by atomic mass is 9.93. The number of aromatic nitrogens is 3. The lowest BCUT2D eigenvalue weighted by Gasteiger charge is -2.37. The Morgan fingerprint density at radius 2 is 1.81 bits per heavy atom. The van der Waals surface area contributed by atoms with Crippen molar-refractivity contribution in [3.05, 3.63) is 18.2 Å². The summed E-state index contributed by atoms with van der Waals surface area (Å²) in [5, 5.41) is 8.23. The summed E-state index contributed by atoms with van der Waals surface area (Å²) in [5.41, 5.74) is 6.69. The first kappa shape index (κ1) is 22.7. The van der Waals surface area contributed by atoms with Crippen molar-refractivity contribution in [1.29, 1.82) is 0 Å².